The second kappa shape index (κ2) is 5.57. The summed E-state index contributed by atoms with van der Waals surface area (Å²) in [5.41, 5.74) is 5.92. The molecule has 20 heavy (non-hydrogen) atoms. The zero-order chi connectivity index (χ0) is 14.7. The number of hydrogen-bond donors (Lipinski definition) is 2. The third kappa shape index (κ3) is 2.69. The van der Waals surface area contributed by atoms with E-state index in [1.54, 1.807) is 6.07 Å². The van der Waals surface area contributed by atoms with Crippen LogP contribution in [0.2, 0.25) is 0 Å². The fraction of sp³-hybridized carbons (Fsp3) is 0.267. The van der Waals surface area contributed by atoms with Crippen LogP contribution in [0.3, 0.4) is 0 Å². The Labute approximate surface area is 118 Å². The maximum Gasteiger partial charge on any atom is 0.182 e. The lowest BCUT2D eigenvalue weighted by atomic mass is 9.99. The molecule has 0 fully saturated rings. The predicted octanol–water partition coefficient (Wildman–Crippen LogP) is 3.35. The minimum Gasteiger partial charge on any atom is -0.340 e. The SMILES string of the molecule is Cc1cc(C)c(C)c(Nc2cc(NC#N)ncn2)c1C. The van der Waals surface area contributed by atoms with Gasteiger partial charge in [0.2, 0.25) is 0 Å². The van der Waals surface area contributed by atoms with Crippen molar-refractivity contribution >= 4 is 17.3 Å². The van der Waals surface area contributed by atoms with Crippen molar-refractivity contribution in [2.24, 2.45) is 0 Å². The van der Waals surface area contributed by atoms with Gasteiger partial charge in [0.25, 0.3) is 0 Å². The molecule has 0 spiro atoms. The number of hydrogen-bond acceptors (Lipinski definition) is 5. The van der Waals surface area contributed by atoms with E-state index >= 15 is 0 Å². The van der Waals surface area contributed by atoms with Gasteiger partial charge in [0.15, 0.2) is 6.19 Å². The van der Waals surface area contributed by atoms with Gasteiger partial charge < -0.3 is 5.32 Å². The van der Waals surface area contributed by atoms with Gasteiger partial charge in [0.1, 0.15) is 18.0 Å². The third-order valence-corrected chi connectivity index (χ3v) is 3.47. The number of anilines is 3. The number of nitriles is 1. The predicted molar refractivity (Wildman–Crippen MR) is 79.9 cm³/mol. The molecule has 2 N–H and O–H groups in total. The molecule has 0 unspecified atom stereocenters. The van der Waals surface area contributed by atoms with Crippen molar-refractivity contribution in [3.63, 3.8) is 0 Å². The van der Waals surface area contributed by atoms with Gasteiger partial charge >= 0.3 is 0 Å². The number of rotatable bonds is 3. The number of aromatic nitrogens is 2. The van der Waals surface area contributed by atoms with Gasteiger partial charge in [-0.1, -0.05) is 6.07 Å². The number of benzene rings is 1. The molecule has 2 rings (SSSR count). The Morgan fingerprint density at radius 1 is 0.950 bits per heavy atom. The van der Waals surface area contributed by atoms with Crippen molar-refractivity contribution in [2.75, 3.05) is 10.6 Å². The summed E-state index contributed by atoms with van der Waals surface area (Å²) in [5.74, 6) is 1.14. The van der Waals surface area contributed by atoms with Crippen LogP contribution in [0.1, 0.15) is 22.3 Å². The summed E-state index contributed by atoms with van der Waals surface area (Å²) in [4.78, 5) is 8.15. The van der Waals surface area contributed by atoms with Gasteiger partial charge in [-0.15, -0.1) is 0 Å². The largest absolute Gasteiger partial charge is 0.340 e. The van der Waals surface area contributed by atoms with E-state index in [2.05, 4.69) is 54.4 Å². The monoisotopic (exact) mass is 267 g/mol. The minimum atomic E-state index is 0.477. The van der Waals surface area contributed by atoms with Gasteiger partial charge in [0, 0.05) is 11.8 Å². The van der Waals surface area contributed by atoms with E-state index in [0.717, 1.165) is 5.69 Å². The Balaban J connectivity index is 2.40. The van der Waals surface area contributed by atoms with Crippen molar-refractivity contribution in [3.8, 4) is 6.19 Å². The van der Waals surface area contributed by atoms with Gasteiger partial charge in [-0.25, -0.2) is 9.97 Å². The number of aryl methyl sites for hydroxylation is 2. The smallest absolute Gasteiger partial charge is 0.182 e. The van der Waals surface area contributed by atoms with Crippen LogP contribution in [-0.2, 0) is 0 Å². The zero-order valence-corrected chi connectivity index (χ0v) is 12.1. The summed E-state index contributed by atoms with van der Waals surface area (Å²) >= 11 is 0. The molecular weight excluding hydrogens is 250 g/mol. The first-order valence-electron chi connectivity index (χ1n) is 6.34. The van der Waals surface area contributed by atoms with Gasteiger partial charge in [-0.05, 0) is 49.9 Å². The molecule has 1 aromatic carbocycles. The van der Waals surface area contributed by atoms with Crippen LogP contribution in [-0.4, -0.2) is 9.97 Å². The Kier molecular flexibility index (Phi) is 3.85. The molecule has 5 heteroatoms. The van der Waals surface area contributed by atoms with E-state index in [1.165, 1.54) is 28.6 Å². The average molecular weight is 267 g/mol. The lowest BCUT2D eigenvalue weighted by Crippen LogP contribution is -2.03. The topological polar surface area (TPSA) is 73.6 Å². The van der Waals surface area contributed by atoms with Crippen LogP contribution in [0.4, 0.5) is 17.3 Å². The third-order valence-electron chi connectivity index (χ3n) is 3.47. The molecule has 2 aromatic rings. The molecule has 0 saturated heterocycles. The van der Waals surface area contributed by atoms with Crippen molar-refractivity contribution in [3.05, 3.63) is 40.7 Å². The van der Waals surface area contributed by atoms with Crippen LogP contribution in [0, 0.1) is 39.1 Å². The van der Waals surface area contributed by atoms with Crippen LogP contribution in [0.25, 0.3) is 0 Å². The fourth-order valence-electron chi connectivity index (χ4n) is 2.08. The summed E-state index contributed by atoms with van der Waals surface area (Å²) in [6, 6.07) is 3.89. The van der Waals surface area contributed by atoms with Gasteiger partial charge in [-0.2, -0.15) is 5.26 Å². The first kappa shape index (κ1) is 13.8. The lowest BCUT2D eigenvalue weighted by molar-refractivity contribution is 1.15. The molecule has 0 radical (unpaired) electrons. The molecule has 0 aliphatic heterocycles. The highest BCUT2D eigenvalue weighted by Crippen LogP contribution is 2.29. The number of nitrogens with one attached hydrogen (secondary N) is 2. The Morgan fingerprint density at radius 2 is 1.55 bits per heavy atom. The summed E-state index contributed by atoms with van der Waals surface area (Å²) in [6.45, 7) is 8.35. The fourth-order valence-corrected chi connectivity index (χ4v) is 2.08. The quantitative estimate of drug-likeness (QED) is 0.659. The lowest BCUT2D eigenvalue weighted by Gasteiger charge is -2.16. The zero-order valence-electron chi connectivity index (χ0n) is 12.1. The van der Waals surface area contributed by atoms with E-state index < -0.39 is 0 Å². The van der Waals surface area contributed by atoms with Crippen molar-refractivity contribution in [2.45, 2.75) is 27.7 Å². The molecule has 1 heterocycles. The number of nitrogens with zero attached hydrogens (tertiary/aromatic N) is 3. The molecule has 102 valence electrons. The maximum absolute atomic E-state index is 8.62. The van der Waals surface area contributed by atoms with Crippen molar-refractivity contribution < 1.29 is 0 Å². The Hall–Kier alpha value is -2.61. The molecule has 0 saturated carbocycles. The van der Waals surface area contributed by atoms with Crippen molar-refractivity contribution in [1.29, 1.82) is 5.26 Å². The summed E-state index contributed by atoms with van der Waals surface area (Å²) in [7, 11) is 0. The van der Waals surface area contributed by atoms with Crippen LogP contribution >= 0.6 is 0 Å². The highest BCUT2D eigenvalue weighted by Gasteiger charge is 2.09. The minimum absolute atomic E-state index is 0.477. The highest BCUT2D eigenvalue weighted by molar-refractivity contribution is 5.69. The average Bonchev–Trinajstić information content (AvgIpc) is 2.42. The van der Waals surface area contributed by atoms with E-state index in [0.29, 0.717) is 11.6 Å². The second-order valence-electron chi connectivity index (χ2n) is 4.79. The van der Waals surface area contributed by atoms with E-state index in [4.69, 9.17) is 5.26 Å². The van der Waals surface area contributed by atoms with E-state index in [9.17, 15) is 0 Å². The van der Waals surface area contributed by atoms with Gasteiger partial charge in [0.05, 0.1) is 0 Å². The first-order valence-corrected chi connectivity index (χ1v) is 6.34. The molecule has 5 nitrogen and oxygen atoms in total. The van der Waals surface area contributed by atoms with Gasteiger partial charge in [-0.3, -0.25) is 5.32 Å². The first-order chi connectivity index (χ1) is 9.52. The maximum atomic E-state index is 8.62. The highest BCUT2D eigenvalue weighted by atomic mass is 15.1. The second-order valence-corrected chi connectivity index (χ2v) is 4.79. The van der Waals surface area contributed by atoms with E-state index in [1.807, 2.05) is 6.19 Å². The molecular formula is C15H17N5. The molecule has 0 aliphatic rings. The summed E-state index contributed by atoms with van der Waals surface area (Å²) in [6.07, 6.45) is 3.27. The van der Waals surface area contributed by atoms with Crippen LogP contribution < -0.4 is 10.6 Å². The molecule has 0 aliphatic carbocycles. The molecule has 1 aromatic heterocycles. The van der Waals surface area contributed by atoms with E-state index in [-0.39, 0.29) is 0 Å². The Bertz CT molecular complexity index is 659. The standard InChI is InChI=1S/C15H17N5/c1-9-5-10(2)12(4)15(11(9)3)20-14-6-13(17-7-16)18-8-19-14/h5-6,8H,1-4H3,(H2,17,18,19,20). The summed E-state index contributed by atoms with van der Waals surface area (Å²) in [5, 5.41) is 14.4. The normalized spacial score (nSPS) is 9.95. The summed E-state index contributed by atoms with van der Waals surface area (Å²) < 4.78 is 0. The van der Waals surface area contributed by atoms with Crippen LogP contribution in [0.5, 0.6) is 0 Å². The Morgan fingerprint density at radius 3 is 2.15 bits per heavy atom. The van der Waals surface area contributed by atoms with Crippen molar-refractivity contribution in [1.82, 2.24) is 9.97 Å². The van der Waals surface area contributed by atoms with Crippen LogP contribution in [0.15, 0.2) is 18.5 Å². The molecule has 0 bridgehead atoms. The molecule has 0 amide bonds. The molecule has 0 atom stereocenters.